The van der Waals surface area contributed by atoms with Crippen LogP contribution in [0.4, 0.5) is 5.95 Å². The van der Waals surface area contributed by atoms with Crippen LogP contribution in [0, 0.1) is 20.8 Å². The monoisotopic (exact) mass is 181 g/mol. The maximum Gasteiger partial charge on any atom is 0.220 e. The van der Waals surface area contributed by atoms with Gasteiger partial charge in [0.05, 0.1) is 0 Å². The van der Waals surface area contributed by atoms with E-state index in [4.69, 9.17) is 5.73 Å². The second-order valence-electron chi connectivity index (χ2n) is 3.08. The van der Waals surface area contributed by atoms with Crippen LogP contribution in [0.5, 0.6) is 0 Å². The first-order chi connectivity index (χ1) is 6.02. The van der Waals surface area contributed by atoms with Gasteiger partial charge in [0.2, 0.25) is 5.95 Å². The van der Waals surface area contributed by atoms with Crippen LogP contribution >= 0.6 is 0 Å². The largest absolute Gasteiger partial charge is 0.368 e. The number of hydrogen-bond acceptors (Lipinski definition) is 3. The molecule has 1 rings (SSSR count). The molecule has 74 valence electrons. The van der Waals surface area contributed by atoms with Crippen LogP contribution in [0.3, 0.4) is 0 Å². The second kappa shape index (κ2) is 5.51. The van der Waals surface area contributed by atoms with E-state index >= 15 is 0 Å². The lowest BCUT2D eigenvalue weighted by molar-refractivity contribution is 1.03. The number of aromatic nitrogens is 2. The smallest absolute Gasteiger partial charge is 0.220 e. The van der Waals surface area contributed by atoms with Crippen LogP contribution in [0.25, 0.3) is 0 Å². The summed E-state index contributed by atoms with van der Waals surface area (Å²) in [5.74, 6) is 0.362. The topological polar surface area (TPSA) is 51.8 Å². The molecule has 0 fully saturated rings. The highest BCUT2D eigenvalue weighted by Gasteiger charge is 1.99. The maximum atomic E-state index is 5.41. The third-order valence-electron chi connectivity index (χ3n) is 1.65. The highest BCUT2D eigenvalue weighted by molar-refractivity contribution is 5.28. The van der Waals surface area contributed by atoms with E-state index in [1.54, 1.807) is 0 Å². The first kappa shape index (κ1) is 11.9. The first-order valence-corrected chi connectivity index (χ1v) is 4.60. The Bertz CT molecular complexity index is 246. The molecule has 0 atom stereocenters. The molecule has 0 aromatic carbocycles. The average molecular weight is 181 g/mol. The van der Waals surface area contributed by atoms with E-state index in [1.165, 1.54) is 6.42 Å². The molecular weight excluding hydrogens is 162 g/mol. The van der Waals surface area contributed by atoms with Gasteiger partial charge in [-0.05, 0) is 26.3 Å². The molecule has 0 aliphatic rings. The van der Waals surface area contributed by atoms with Crippen molar-refractivity contribution >= 4 is 5.95 Å². The number of nitrogens with two attached hydrogens (primary N) is 1. The molecule has 0 spiro atoms. The van der Waals surface area contributed by atoms with Gasteiger partial charge < -0.3 is 5.73 Å². The SMILES string of the molecule is CCC.Cc1nc(N)nc(C)c1C. The fourth-order valence-corrected chi connectivity index (χ4v) is 0.798. The zero-order chi connectivity index (χ0) is 10.4. The van der Waals surface area contributed by atoms with E-state index in [2.05, 4.69) is 23.8 Å². The van der Waals surface area contributed by atoms with E-state index in [0.29, 0.717) is 5.95 Å². The van der Waals surface area contributed by atoms with Crippen LogP contribution in [-0.4, -0.2) is 9.97 Å². The minimum atomic E-state index is 0.362. The van der Waals surface area contributed by atoms with E-state index < -0.39 is 0 Å². The van der Waals surface area contributed by atoms with E-state index in [1.807, 2.05) is 20.8 Å². The standard InChI is InChI=1S/C7H11N3.C3H8/c1-4-5(2)9-7(8)10-6(4)3;1-3-2/h1-3H3,(H2,8,9,10);3H2,1-2H3. The van der Waals surface area contributed by atoms with Gasteiger partial charge in [-0.2, -0.15) is 0 Å². The van der Waals surface area contributed by atoms with Crippen LogP contribution < -0.4 is 5.73 Å². The Morgan fingerprint density at radius 2 is 1.31 bits per heavy atom. The van der Waals surface area contributed by atoms with Crippen LogP contribution in [0.1, 0.15) is 37.2 Å². The van der Waals surface area contributed by atoms with Crippen molar-refractivity contribution in [1.82, 2.24) is 9.97 Å². The predicted octanol–water partition coefficient (Wildman–Crippen LogP) is 2.40. The van der Waals surface area contributed by atoms with Crippen LogP contribution in [0.15, 0.2) is 0 Å². The number of anilines is 1. The number of nitrogen functional groups attached to an aromatic ring is 1. The zero-order valence-electron chi connectivity index (χ0n) is 9.18. The Kier molecular flexibility index (Phi) is 5.04. The Balaban J connectivity index is 0.000000424. The molecule has 0 aliphatic heterocycles. The van der Waals surface area contributed by atoms with Gasteiger partial charge in [0, 0.05) is 11.4 Å². The van der Waals surface area contributed by atoms with Crippen molar-refractivity contribution in [3.8, 4) is 0 Å². The molecule has 0 amide bonds. The fourth-order valence-electron chi connectivity index (χ4n) is 0.798. The third-order valence-corrected chi connectivity index (χ3v) is 1.65. The number of hydrogen-bond donors (Lipinski definition) is 1. The summed E-state index contributed by atoms with van der Waals surface area (Å²) in [4.78, 5) is 8.00. The molecule has 0 saturated carbocycles. The lowest BCUT2D eigenvalue weighted by atomic mass is 10.2. The second-order valence-corrected chi connectivity index (χ2v) is 3.08. The molecule has 13 heavy (non-hydrogen) atoms. The van der Waals surface area contributed by atoms with Gasteiger partial charge in [-0.1, -0.05) is 20.3 Å². The Morgan fingerprint density at radius 1 is 1.00 bits per heavy atom. The molecule has 0 bridgehead atoms. The van der Waals surface area contributed by atoms with Gasteiger partial charge in [0.25, 0.3) is 0 Å². The van der Waals surface area contributed by atoms with Crippen molar-refractivity contribution in [1.29, 1.82) is 0 Å². The minimum absolute atomic E-state index is 0.362. The van der Waals surface area contributed by atoms with Gasteiger partial charge in [-0.15, -0.1) is 0 Å². The Morgan fingerprint density at radius 3 is 1.62 bits per heavy atom. The summed E-state index contributed by atoms with van der Waals surface area (Å²) in [5.41, 5.74) is 8.45. The molecule has 0 radical (unpaired) electrons. The van der Waals surface area contributed by atoms with Gasteiger partial charge in [0.15, 0.2) is 0 Å². The number of rotatable bonds is 0. The first-order valence-electron chi connectivity index (χ1n) is 4.60. The predicted molar refractivity (Wildman–Crippen MR) is 56.6 cm³/mol. The quantitative estimate of drug-likeness (QED) is 0.668. The number of nitrogens with zero attached hydrogens (tertiary/aromatic N) is 2. The fraction of sp³-hybridized carbons (Fsp3) is 0.600. The van der Waals surface area contributed by atoms with E-state index in [-0.39, 0.29) is 0 Å². The Labute approximate surface area is 80.4 Å². The van der Waals surface area contributed by atoms with Crippen molar-refractivity contribution in [2.75, 3.05) is 5.73 Å². The summed E-state index contributed by atoms with van der Waals surface area (Å²) in [6.45, 7) is 10.1. The van der Waals surface area contributed by atoms with Crippen molar-refractivity contribution in [2.45, 2.75) is 41.0 Å². The summed E-state index contributed by atoms with van der Waals surface area (Å²) in [5, 5.41) is 0. The average Bonchev–Trinajstić information content (AvgIpc) is 2.01. The lowest BCUT2D eigenvalue weighted by Crippen LogP contribution is -2.01. The lowest BCUT2D eigenvalue weighted by Gasteiger charge is -2.02. The highest BCUT2D eigenvalue weighted by Crippen LogP contribution is 2.07. The zero-order valence-corrected chi connectivity index (χ0v) is 9.18. The summed E-state index contributed by atoms with van der Waals surface area (Å²) in [6.07, 6.45) is 1.25. The summed E-state index contributed by atoms with van der Waals surface area (Å²) >= 11 is 0. The maximum absolute atomic E-state index is 5.41. The molecule has 1 aromatic rings. The third kappa shape index (κ3) is 3.87. The minimum Gasteiger partial charge on any atom is -0.368 e. The summed E-state index contributed by atoms with van der Waals surface area (Å²) < 4.78 is 0. The van der Waals surface area contributed by atoms with Gasteiger partial charge in [0.1, 0.15) is 0 Å². The summed E-state index contributed by atoms with van der Waals surface area (Å²) in [7, 11) is 0. The van der Waals surface area contributed by atoms with Crippen molar-refractivity contribution < 1.29 is 0 Å². The molecule has 0 unspecified atom stereocenters. The van der Waals surface area contributed by atoms with Crippen LogP contribution in [0.2, 0.25) is 0 Å². The van der Waals surface area contributed by atoms with Crippen molar-refractivity contribution in [3.05, 3.63) is 17.0 Å². The molecule has 0 saturated heterocycles. The van der Waals surface area contributed by atoms with E-state index in [0.717, 1.165) is 17.0 Å². The van der Waals surface area contributed by atoms with Crippen molar-refractivity contribution in [2.24, 2.45) is 0 Å². The van der Waals surface area contributed by atoms with Gasteiger partial charge in [-0.3, -0.25) is 0 Å². The molecule has 3 nitrogen and oxygen atoms in total. The molecule has 0 aliphatic carbocycles. The van der Waals surface area contributed by atoms with Crippen molar-refractivity contribution in [3.63, 3.8) is 0 Å². The molecular formula is C10H19N3. The van der Waals surface area contributed by atoms with E-state index in [9.17, 15) is 0 Å². The van der Waals surface area contributed by atoms with Crippen LogP contribution in [-0.2, 0) is 0 Å². The Hall–Kier alpha value is -1.12. The summed E-state index contributed by atoms with van der Waals surface area (Å²) in [6, 6.07) is 0. The molecule has 2 N–H and O–H groups in total. The highest BCUT2D eigenvalue weighted by atomic mass is 15.0. The molecule has 1 aromatic heterocycles. The molecule has 1 heterocycles. The van der Waals surface area contributed by atoms with Gasteiger partial charge in [-0.25, -0.2) is 9.97 Å². The van der Waals surface area contributed by atoms with Gasteiger partial charge >= 0.3 is 0 Å². The normalized spacial score (nSPS) is 9.00. The number of aryl methyl sites for hydroxylation is 2. The molecule has 3 heteroatoms.